The molecule has 23 heteroatoms. The number of oxime groups is 1. The molecule has 2 aromatic rings. The normalized spacial score (nSPS) is 17.4. The number of aromatic hydroxyl groups is 1. The van der Waals surface area contributed by atoms with E-state index in [0.29, 0.717) is 9.91 Å². The number of nitrogen functional groups attached to an aromatic ring is 1. The zero-order valence-corrected chi connectivity index (χ0v) is 25.7. The van der Waals surface area contributed by atoms with Crippen LogP contribution in [0, 0.1) is 0 Å². The maximum Gasteiger partial charge on any atom is 0.339 e. The number of aromatic nitrogens is 2. The quantitative estimate of drug-likeness (QED) is 0.0698. The molecule has 0 bridgehead atoms. The van der Waals surface area contributed by atoms with Crippen LogP contribution in [0.5, 0.6) is 5.75 Å². The summed E-state index contributed by atoms with van der Waals surface area (Å²) in [5, 5.41) is 17.5. The summed E-state index contributed by atoms with van der Waals surface area (Å²) in [5.41, 5.74) is 5.33. The van der Waals surface area contributed by atoms with Crippen LogP contribution in [0.15, 0.2) is 27.6 Å². The minimum absolute atomic E-state index is 0.0271. The number of hydrazine groups is 1. The molecule has 46 heavy (non-hydrogen) atoms. The average Bonchev–Trinajstić information content (AvgIpc) is 3.39. The van der Waals surface area contributed by atoms with E-state index in [1.165, 1.54) is 10.1 Å². The van der Waals surface area contributed by atoms with Crippen LogP contribution in [0.2, 0.25) is 0 Å². The van der Waals surface area contributed by atoms with Gasteiger partial charge in [-0.05, 0) is 20.8 Å². The zero-order valence-electron chi connectivity index (χ0n) is 24.1. The number of pyridine rings is 1. The summed E-state index contributed by atoms with van der Waals surface area (Å²) < 4.78 is 27.1. The maximum absolute atomic E-state index is 12.9. The maximum atomic E-state index is 12.9. The molecule has 2 fully saturated rings. The van der Waals surface area contributed by atoms with Crippen molar-refractivity contribution in [2.45, 2.75) is 32.4 Å². The predicted octanol–water partition coefficient (Wildman–Crippen LogP) is -3.06. The van der Waals surface area contributed by atoms with Gasteiger partial charge in [0.05, 0.1) is 19.6 Å². The molecular formula is C23H26N10O11S2. The second kappa shape index (κ2) is 12.4. The van der Waals surface area contributed by atoms with Crippen LogP contribution < -0.4 is 26.6 Å². The number of rotatable bonds is 8. The summed E-state index contributed by atoms with van der Waals surface area (Å²) in [5.74, 6) is -6.79. The summed E-state index contributed by atoms with van der Waals surface area (Å²) in [6, 6.07) is -2.01. The zero-order chi connectivity index (χ0) is 34.1. The molecule has 2 aliphatic rings. The fourth-order valence-corrected chi connectivity index (χ4v) is 5.28. The Morgan fingerprint density at radius 1 is 1.17 bits per heavy atom. The lowest BCUT2D eigenvalue weighted by Gasteiger charge is -2.37. The first kappa shape index (κ1) is 33.3. The van der Waals surface area contributed by atoms with Gasteiger partial charge in [-0.1, -0.05) is 5.16 Å². The molecule has 0 radical (unpaired) electrons. The van der Waals surface area contributed by atoms with E-state index in [0.717, 1.165) is 23.6 Å². The molecule has 1 atom stereocenters. The lowest BCUT2D eigenvalue weighted by Crippen LogP contribution is -2.69. The first-order valence-corrected chi connectivity index (χ1v) is 15.2. The smallest absolute Gasteiger partial charge is 0.339 e. The topological polar surface area (TPSA) is 296 Å². The highest BCUT2D eigenvalue weighted by molar-refractivity contribution is 7.88. The van der Waals surface area contributed by atoms with Crippen LogP contribution in [-0.4, -0.2) is 110 Å². The van der Waals surface area contributed by atoms with Crippen LogP contribution in [0.1, 0.15) is 37.0 Å². The van der Waals surface area contributed by atoms with Crippen molar-refractivity contribution in [2.24, 2.45) is 5.16 Å². The molecule has 2 aromatic heterocycles. The summed E-state index contributed by atoms with van der Waals surface area (Å²) in [6.07, 6.45) is 0.824. The van der Waals surface area contributed by atoms with Crippen LogP contribution in [0.4, 0.5) is 9.93 Å². The predicted molar refractivity (Wildman–Crippen MR) is 155 cm³/mol. The number of piperazine rings is 1. The number of likely N-dealkylation sites (tertiary alicyclic amines) is 1. The van der Waals surface area contributed by atoms with E-state index in [1.807, 2.05) is 5.43 Å². The van der Waals surface area contributed by atoms with Gasteiger partial charge < -0.3 is 26.0 Å². The van der Waals surface area contributed by atoms with E-state index >= 15 is 0 Å². The van der Waals surface area contributed by atoms with Crippen LogP contribution in [0.25, 0.3) is 0 Å². The second-order valence-electron chi connectivity index (χ2n) is 10.5. The van der Waals surface area contributed by atoms with Gasteiger partial charge in [0.15, 0.2) is 16.6 Å². The summed E-state index contributed by atoms with van der Waals surface area (Å²) in [6.45, 7) is 3.28. The number of anilines is 1. The van der Waals surface area contributed by atoms with Gasteiger partial charge in [-0.25, -0.2) is 23.8 Å². The van der Waals surface area contributed by atoms with Gasteiger partial charge in [-0.2, -0.15) is 8.42 Å². The molecule has 2 saturated heterocycles. The molecule has 0 saturated carbocycles. The molecule has 0 unspecified atom stereocenters. The standard InChI is InChI=1S/C23H26N10O11S2/c1-23(2,3)44-29-15(12-9-45-21(24)27-12)17(37)26-11-8-31(18(11)38)22(41)30-46(42,43)33-5-4-32(19(39)20(33)40)28-16(36)10-6-13(34)14(35)7-25-10/h6-7,9,11,35H,4-5,8H2,1-3H3,(H2,24,27)(H,25,34)(H,26,37)(H,28,36)(H,30,41)/t11-/m0/s1. The monoisotopic (exact) mass is 682 g/mol. The Hall–Kier alpha value is -5.58. The fraction of sp³-hybridized carbons (Fsp3) is 0.348. The molecule has 2 aliphatic heterocycles. The van der Waals surface area contributed by atoms with E-state index in [2.05, 4.69) is 20.4 Å². The van der Waals surface area contributed by atoms with E-state index in [9.17, 15) is 47.1 Å². The third-order valence-corrected chi connectivity index (χ3v) is 7.97. The number of carbonyl (C=O) groups excluding carboxylic acids is 6. The van der Waals surface area contributed by atoms with Crippen molar-refractivity contribution >= 4 is 68.0 Å². The Morgan fingerprint density at radius 3 is 2.46 bits per heavy atom. The van der Waals surface area contributed by atoms with Crippen LogP contribution >= 0.6 is 11.3 Å². The number of carbonyl (C=O) groups is 6. The number of nitrogens with two attached hydrogens (primary N) is 1. The number of thiazole rings is 1. The van der Waals surface area contributed by atoms with Gasteiger partial charge in [0.1, 0.15) is 23.0 Å². The Bertz CT molecular complexity index is 1830. The Balaban J connectivity index is 1.34. The molecule has 4 rings (SSSR count). The van der Waals surface area contributed by atoms with Gasteiger partial charge in [0, 0.05) is 17.6 Å². The molecule has 21 nitrogen and oxygen atoms in total. The summed E-state index contributed by atoms with van der Waals surface area (Å²) in [4.78, 5) is 99.1. The molecule has 0 aromatic carbocycles. The Kier molecular flexibility index (Phi) is 9.00. The minimum atomic E-state index is -5.02. The third-order valence-electron chi connectivity index (χ3n) is 5.93. The third kappa shape index (κ3) is 7.20. The largest absolute Gasteiger partial charge is 0.503 e. The number of aromatic amines is 1. The Labute approximate surface area is 262 Å². The number of imide groups is 1. The van der Waals surface area contributed by atoms with Gasteiger partial charge in [0.25, 0.3) is 17.7 Å². The van der Waals surface area contributed by atoms with Gasteiger partial charge >= 0.3 is 28.1 Å². The molecule has 0 aliphatic carbocycles. The van der Waals surface area contributed by atoms with Crippen LogP contribution in [-0.2, 0) is 34.2 Å². The first-order chi connectivity index (χ1) is 21.4. The van der Waals surface area contributed by atoms with E-state index in [-0.39, 0.29) is 26.5 Å². The number of amides is 7. The molecule has 7 amide bonds. The van der Waals surface area contributed by atoms with Crippen molar-refractivity contribution in [3.8, 4) is 5.75 Å². The SMILES string of the molecule is CC(C)(C)ON=C(C(=O)N[C@H]1CN(C(=O)NS(=O)(=O)N2CCN(NC(=O)c3cc(=O)c(O)c[nH]3)C(=O)C2=O)C1=O)c1csc(N)n1. The summed E-state index contributed by atoms with van der Waals surface area (Å²) >= 11 is 1.02. The van der Waals surface area contributed by atoms with Gasteiger partial charge in [-0.3, -0.25) is 39.1 Å². The number of nitrogens with zero attached hydrogens (tertiary/aromatic N) is 5. The highest BCUT2D eigenvalue weighted by atomic mass is 32.2. The van der Waals surface area contributed by atoms with E-state index < -0.39 is 88.2 Å². The van der Waals surface area contributed by atoms with Gasteiger partial charge in [0.2, 0.25) is 5.43 Å². The average molecular weight is 683 g/mol. The highest BCUT2D eigenvalue weighted by Crippen LogP contribution is 2.17. The minimum Gasteiger partial charge on any atom is -0.503 e. The lowest BCUT2D eigenvalue weighted by atomic mass is 10.1. The summed E-state index contributed by atoms with van der Waals surface area (Å²) in [7, 11) is -5.02. The number of H-pyrrole nitrogens is 1. The van der Waals surface area contributed by atoms with Gasteiger partial charge in [-0.15, -0.1) is 11.3 Å². The van der Waals surface area contributed by atoms with E-state index in [1.54, 1.807) is 20.8 Å². The van der Waals surface area contributed by atoms with Crippen molar-refractivity contribution in [3.05, 3.63) is 39.3 Å². The number of urea groups is 1. The molecule has 4 heterocycles. The lowest BCUT2D eigenvalue weighted by molar-refractivity contribution is -0.154. The van der Waals surface area contributed by atoms with Crippen molar-refractivity contribution in [1.29, 1.82) is 0 Å². The number of hydrogen-bond acceptors (Lipinski definition) is 15. The van der Waals surface area contributed by atoms with Crippen LogP contribution in [0.3, 0.4) is 0 Å². The van der Waals surface area contributed by atoms with Crippen molar-refractivity contribution in [1.82, 2.24) is 39.6 Å². The number of hydrogen-bond donors (Lipinski definition) is 6. The number of nitrogens with one attached hydrogen (secondary N) is 4. The highest BCUT2D eigenvalue weighted by Gasteiger charge is 2.46. The number of β-lactam (4-membered cyclic amide) rings is 1. The molecule has 0 spiro atoms. The van der Waals surface area contributed by atoms with Crippen molar-refractivity contribution in [2.75, 3.05) is 25.4 Å². The van der Waals surface area contributed by atoms with Crippen molar-refractivity contribution in [3.63, 3.8) is 0 Å². The fourth-order valence-electron chi connectivity index (χ4n) is 3.68. The molecular weight excluding hydrogens is 656 g/mol. The molecule has 7 N–H and O–H groups in total. The van der Waals surface area contributed by atoms with E-state index in [4.69, 9.17) is 10.6 Å². The first-order valence-electron chi connectivity index (χ1n) is 12.9. The Morgan fingerprint density at radius 2 is 1.87 bits per heavy atom. The second-order valence-corrected chi connectivity index (χ2v) is 13.0. The van der Waals surface area contributed by atoms with Crippen molar-refractivity contribution < 1.29 is 47.1 Å². The molecule has 246 valence electrons.